The van der Waals surface area contributed by atoms with Crippen LogP contribution in [0.5, 0.6) is 0 Å². The van der Waals surface area contributed by atoms with E-state index < -0.39 is 0 Å². The first-order valence-electron chi connectivity index (χ1n) is 4.90. The van der Waals surface area contributed by atoms with Gasteiger partial charge in [-0.15, -0.1) is 0 Å². The monoisotopic (exact) mass is 166 g/mol. The first-order chi connectivity index (χ1) is 5.54. The highest BCUT2D eigenvalue weighted by atomic mass is 14.1. The average molecular weight is 166 g/mol. The Morgan fingerprint density at radius 1 is 1.25 bits per heavy atom. The van der Waals surface area contributed by atoms with Crippen LogP contribution in [0.1, 0.15) is 47.5 Å². The molecule has 0 heteroatoms. The largest absolute Gasteiger partial charge is 0.0953 e. The maximum atomic E-state index is 4.14. The van der Waals surface area contributed by atoms with Crippen LogP contribution in [0.4, 0.5) is 0 Å². The molecule has 0 rings (SSSR count). The van der Waals surface area contributed by atoms with Crippen molar-refractivity contribution in [1.82, 2.24) is 0 Å². The van der Waals surface area contributed by atoms with Gasteiger partial charge >= 0.3 is 0 Å². The van der Waals surface area contributed by atoms with E-state index in [1.807, 2.05) is 0 Å². The Bertz CT molecular complexity index is 184. The van der Waals surface area contributed by atoms with Gasteiger partial charge in [-0.25, -0.2) is 0 Å². The van der Waals surface area contributed by atoms with E-state index in [0.29, 0.717) is 5.92 Å². The SMILES string of the molecule is C=C(C(C)=C(C)CC)C(C)CC. The molecule has 1 atom stereocenters. The smallest absolute Gasteiger partial charge is 0.0196 e. The van der Waals surface area contributed by atoms with Gasteiger partial charge in [0.05, 0.1) is 0 Å². The van der Waals surface area contributed by atoms with Crippen LogP contribution in [0, 0.1) is 5.92 Å². The van der Waals surface area contributed by atoms with Crippen LogP contribution >= 0.6 is 0 Å². The normalized spacial score (nSPS) is 15.4. The lowest BCUT2D eigenvalue weighted by molar-refractivity contribution is 0.662. The highest BCUT2D eigenvalue weighted by molar-refractivity contribution is 5.31. The van der Waals surface area contributed by atoms with Gasteiger partial charge < -0.3 is 0 Å². The second-order valence-corrected chi connectivity index (χ2v) is 3.59. The molecular formula is C12H22. The summed E-state index contributed by atoms with van der Waals surface area (Å²) in [5.74, 6) is 0.631. The van der Waals surface area contributed by atoms with Crippen molar-refractivity contribution in [2.75, 3.05) is 0 Å². The molecule has 0 aliphatic heterocycles. The summed E-state index contributed by atoms with van der Waals surface area (Å²) in [6.45, 7) is 15.2. The molecule has 1 unspecified atom stereocenters. The first kappa shape index (κ1) is 11.5. The quantitative estimate of drug-likeness (QED) is 0.545. The van der Waals surface area contributed by atoms with Gasteiger partial charge in [0.25, 0.3) is 0 Å². The van der Waals surface area contributed by atoms with Crippen molar-refractivity contribution < 1.29 is 0 Å². The summed E-state index contributed by atoms with van der Waals surface area (Å²) in [6, 6.07) is 0. The molecule has 0 aliphatic carbocycles. The maximum Gasteiger partial charge on any atom is -0.0196 e. The van der Waals surface area contributed by atoms with E-state index in [2.05, 4.69) is 41.2 Å². The van der Waals surface area contributed by atoms with Gasteiger partial charge in [-0.2, -0.15) is 0 Å². The molecule has 0 nitrogen and oxygen atoms in total. The maximum absolute atomic E-state index is 4.14. The van der Waals surface area contributed by atoms with E-state index in [0.717, 1.165) is 6.42 Å². The summed E-state index contributed by atoms with van der Waals surface area (Å²) in [5, 5.41) is 0. The van der Waals surface area contributed by atoms with Gasteiger partial charge in [0, 0.05) is 0 Å². The molecule has 0 aliphatic rings. The third kappa shape index (κ3) is 2.84. The van der Waals surface area contributed by atoms with Crippen molar-refractivity contribution in [2.24, 2.45) is 5.92 Å². The van der Waals surface area contributed by atoms with Crippen LogP contribution in [0.2, 0.25) is 0 Å². The Morgan fingerprint density at radius 2 is 1.75 bits per heavy atom. The highest BCUT2D eigenvalue weighted by Gasteiger charge is 2.06. The van der Waals surface area contributed by atoms with Gasteiger partial charge in [-0.05, 0) is 43.8 Å². The summed E-state index contributed by atoms with van der Waals surface area (Å²) in [6.07, 6.45) is 2.33. The molecular weight excluding hydrogens is 144 g/mol. The fourth-order valence-corrected chi connectivity index (χ4v) is 1.16. The summed E-state index contributed by atoms with van der Waals surface area (Å²) in [4.78, 5) is 0. The topological polar surface area (TPSA) is 0 Å². The van der Waals surface area contributed by atoms with E-state index in [-0.39, 0.29) is 0 Å². The van der Waals surface area contributed by atoms with Crippen LogP contribution in [-0.4, -0.2) is 0 Å². The molecule has 0 N–H and O–H groups in total. The molecule has 0 heterocycles. The Balaban J connectivity index is 4.49. The molecule has 0 aromatic rings. The summed E-state index contributed by atoms with van der Waals surface area (Å²) < 4.78 is 0. The van der Waals surface area contributed by atoms with Crippen LogP contribution in [0.3, 0.4) is 0 Å². The van der Waals surface area contributed by atoms with E-state index in [1.54, 1.807) is 0 Å². The molecule has 0 spiro atoms. The lowest BCUT2D eigenvalue weighted by Crippen LogP contribution is -1.99. The van der Waals surface area contributed by atoms with Gasteiger partial charge in [0.15, 0.2) is 0 Å². The molecule has 0 aromatic carbocycles. The van der Waals surface area contributed by atoms with Crippen LogP contribution < -0.4 is 0 Å². The summed E-state index contributed by atoms with van der Waals surface area (Å²) in [7, 11) is 0. The molecule has 0 saturated heterocycles. The number of rotatable bonds is 4. The van der Waals surface area contributed by atoms with Gasteiger partial charge in [0.1, 0.15) is 0 Å². The van der Waals surface area contributed by atoms with Crippen molar-refractivity contribution in [2.45, 2.75) is 47.5 Å². The van der Waals surface area contributed by atoms with Crippen LogP contribution in [0.25, 0.3) is 0 Å². The zero-order valence-corrected chi connectivity index (χ0v) is 9.20. The minimum absolute atomic E-state index is 0.631. The summed E-state index contributed by atoms with van der Waals surface area (Å²) in [5.41, 5.74) is 4.20. The Morgan fingerprint density at radius 3 is 2.08 bits per heavy atom. The van der Waals surface area contributed by atoms with E-state index in [1.165, 1.54) is 23.1 Å². The van der Waals surface area contributed by atoms with Crippen molar-refractivity contribution in [3.05, 3.63) is 23.3 Å². The number of hydrogen-bond donors (Lipinski definition) is 0. The fourth-order valence-electron chi connectivity index (χ4n) is 1.16. The third-order valence-corrected chi connectivity index (χ3v) is 2.86. The third-order valence-electron chi connectivity index (χ3n) is 2.86. The van der Waals surface area contributed by atoms with Crippen LogP contribution in [0.15, 0.2) is 23.3 Å². The van der Waals surface area contributed by atoms with Crippen molar-refractivity contribution in [3.63, 3.8) is 0 Å². The van der Waals surface area contributed by atoms with Gasteiger partial charge in [-0.3, -0.25) is 0 Å². The number of hydrogen-bond acceptors (Lipinski definition) is 0. The minimum Gasteiger partial charge on any atom is -0.0953 e. The lowest BCUT2D eigenvalue weighted by atomic mass is 9.91. The Kier molecular flexibility index (Phi) is 4.96. The second kappa shape index (κ2) is 5.18. The minimum atomic E-state index is 0.631. The Hall–Kier alpha value is -0.520. The van der Waals surface area contributed by atoms with Crippen LogP contribution in [-0.2, 0) is 0 Å². The van der Waals surface area contributed by atoms with Crippen molar-refractivity contribution >= 4 is 0 Å². The predicted molar refractivity (Wildman–Crippen MR) is 57.3 cm³/mol. The summed E-state index contributed by atoms with van der Waals surface area (Å²) >= 11 is 0. The standard InChI is InChI=1S/C12H22/c1-7-9(3)11(5)12(6)10(4)8-2/h9H,5,7-8H2,1-4,6H3. The molecule has 0 bridgehead atoms. The fraction of sp³-hybridized carbons (Fsp3) is 0.667. The zero-order chi connectivity index (χ0) is 9.72. The second-order valence-electron chi connectivity index (χ2n) is 3.59. The zero-order valence-electron chi connectivity index (χ0n) is 9.20. The van der Waals surface area contributed by atoms with Gasteiger partial charge in [0.2, 0.25) is 0 Å². The van der Waals surface area contributed by atoms with E-state index in [4.69, 9.17) is 0 Å². The molecule has 0 radical (unpaired) electrons. The average Bonchev–Trinajstić information content (AvgIpc) is 2.12. The molecule has 0 fully saturated rings. The van der Waals surface area contributed by atoms with Crippen molar-refractivity contribution in [3.8, 4) is 0 Å². The van der Waals surface area contributed by atoms with Crippen molar-refractivity contribution in [1.29, 1.82) is 0 Å². The highest BCUT2D eigenvalue weighted by Crippen LogP contribution is 2.23. The Labute approximate surface area is 77.4 Å². The molecule has 0 amide bonds. The molecule has 70 valence electrons. The molecule has 0 saturated carbocycles. The lowest BCUT2D eigenvalue weighted by Gasteiger charge is -2.15. The van der Waals surface area contributed by atoms with E-state index in [9.17, 15) is 0 Å². The van der Waals surface area contributed by atoms with E-state index >= 15 is 0 Å². The predicted octanol–water partition coefficient (Wildman–Crippen LogP) is 4.34. The molecule has 0 aromatic heterocycles. The molecule has 12 heavy (non-hydrogen) atoms. The first-order valence-corrected chi connectivity index (χ1v) is 4.90. The number of allylic oxidation sites excluding steroid dienone is 3. The van der Waals surface area contributed by atoms with Gasteiger partial charge in [-0.1, -0.05) is 32.9 Å².